The predicted octanol–water partition coefficient (Wildman–Crippen LogP) is 2.03. The van der Waals surface area contributed by atoms with Crippen molar-refractivity contribution in [1.29, 1.82) is 0 Å². The van der Waals surface area contributed by atoms with E-state index in [9.17, 15) is 8.42 Å². The summed E-state index contributed by atoms with van der Waals surface area (Å²) in [5, 5.41) is 0.708. The maximum Gasteiger partial charge on any atom is 0.147 e. The van der Waals surface area contributed by atoms with Crippen LogP contribution < -0.4 is 5.73 Å². The van der Waals surface area contributed by atoms with Gasteiger partial charge in [-0.05, 0) is 37.0 Å². The molecule has 3 nitrogen and oxygen atoms in total. The van der Waals surface area contributed by atoms with Gasteiger partial charge in [-0.25, -0.2) is 8.42 Å². The highest BCUT2D eigenvalue weighted by atomic mass is 35.5. The first-order valence-electron chi connectivity index (χ1n) is 5.54. The third kappa shape index (κ3) is 6.66. The molecule has 0 aliphatic rings. The zero-order chi connectivity index (χ0) is 12.9. The summed E-state index contributed by atoms with van der Waals surface area (Å²) in [5.74, 6) is 0.210. The van der Waals surface area contributed by atoms with Crippen molar-refractivity contribution in [2.24, 2.45) is 5.73 Å². The summed E-state index contributed by atoms with van der Waals surface area (Å²) in [7, 11) is -2.87. The van der Waals surface area contributed by atoms with E-state index < -0.39 is 9.84 Å². The molecule has 1 aromatic carbocycles. The van der Waals surface area contributed by atoms with E-state index in [0.29, 0.717) is 11.4 Å². The molecule has 96 valence electrons. The molecule has 5 heteroatoms. The second kappa shape index (κ2) is 6.38. The fourth-order valence-electron chi connectivity index (χ4n) is 1.63. The first kappa shape index (κ1) is 14.5. The number of hydrogen-bond donors (Lipinski definition) is 1. The van der Waals surface area contributed by atoms with Gasteiger partial charge in [0.1, 0.15) is 9.84 Å². The van der Waals surface area contributed by atoms with Crippen LogP contribution in [0.4, 0.5) is 0 Å². The van der Waals surface area contributed by atoms with Crippen molar-refractivity contribution in [3.05, 3.63) is 34.9 Å². The first-order valence-corrected chi connectivity index (χ1v) is 7.98. The molecule has 17 heavy (non-hydrogen) atoms. The van der Waals surface area contributed by atoms with Gasteiger partial charge in [-0.2, -0.15) is 0 Å². The Bertz CT molecular complexity index is 442. The SMILES string of the molecule is CS(=O)(=O)CCCC(N)Cc1ccc(Cl)cc1. The lowest BCUT2D eigenvalue weighted by Crippen LogP contribution is -2.23. The lowest BCUT2D eigenvalue weighted by atomic mass is 10.0. The summed E-state index contributed by atoms with van der Waals surface area (Å²) in [6, 6.07) is 7.55. The van der Waals surface area contributed by atoms with Gasteiger partial charge in [-0.15, -0.1) is 0 Å². The van der Waals surface area contributed by atoms with Crippen molar-refractivity contribution in [1.82, 2.24) is 0 Å². The Balaban J connectivity index is 2.34. The van der Waals surface area contributed by atoms with Gasteiger partial charge >= 0.3 is 0 Å². The molecule has 0 fully saturated rings. The van der Waals surface area contributed by atoms with Crippen molar-refractivity contribution in [3.63, 3.8) is 0 Å². The maximum absolute atomic E-state index is 11.0. The highest BCUT2D eigenvalue weighted by Gasteiger charge is 2.07. The summed E-state index contributed by atoms with van der Waals surface area (Å²) >= 11 is 5.78. The second-order valence-electron chi connectivity index (χ2n) is 4.36. The highest BCUT2D eigenvalue weighted by Crippen LogP contribution is 2.12. The van der Waals surface area contributed by atoms with Crippen molar-refractivity contribution in [3.8, 4) is 0 Å². The van der Waals surface area contributed by atoms with Gasteiger partial charge < -0.3 is 5.73 Å². The molecule has 0 saturated heterocycles. The topological polar surface area (TPSA) is 60.2 Å². The molecule has 1 rings (SSSR count). The predicted molar refractivity (Wildman–Crippen MR) is 72.1 cm³/mol. The van der Waals surface area contributed by atoms with Crippen LogP contribution in [0.25, 0.3) is 0 Å². The minimum atomic E-state index is -2.87. The normalized spacial score (nSPS) is 13.6. The summed E-state index contributed by atoms with van der Waals surface area (Å²) in [6.45, 7) is 0. The van der Waals surface area contributed by atoms with E-state index in [2.05, 4.69) is 0 Å². The third-order valence-corrected chi connectivity index (χ3v) is 3.78. The third-order valence-electron chi connectivity index (χ3n) is 2.50. The Morgan fingerprint density at radius 2 is 1.88 bits per heavy atom. The van der Waals surface area contributed by atoms with Crippen LogP contribution >= 0.6 is 11.6 Å². The second-order valence-corrected chi connectivity index (χ2v) is 7.06. The molecule has 0 radical (unpaired) electrons. The summed E-state index contributed by atoms with van der Waals surface area (Å²) < 4.78 is 21.9. The fourth-order valence-corrected chi connectivity index (χ4v) is 2.45. The quantitative estimate of drug-likeness (QED) is 0.864. The molecule has 1 unspecified atom stereocenters. The molecule has 0 aromatic heterocycles. The molecule has 0 spiro atoms. The van der Waals surface area contributed by atoms with Crippen molar-refractivity contribution >= 4 is 21.4 Å². The van der Waals surface area contributed by atoms with Crippen LogP contribution in [0.5, 0.6) is 0 Å². The number of rotatable bonds is 6. The Kier molecular flexibility index (Phi) is 5.43. The molecule has 2 N–H and O–H groups in total. The van der Waals surface area contributed by atoms with E-state index in [1.807, 2.05) is 24.3 Å². The minimum Gasteiger partial charge on any atom is -0.327 e. The zero-order valence-electron chi connectivity index (χ0n) is 9.90. The standard InChI is InChI=1S/C12H18ClNO2S/c1-17(15,16)8-2-3-12(14)9-10-4-6-11(13)7-5-10/h4-7,12H,2-3,8-9,14H2,1H3. The van der Waals surface area contributed by atoms with E-state index in [4.69, 9.17) is 17.3 Å². The molecule has 0 heterocycles. The van der Waals surface area contributed by atoms with Gasteiger partial charge in [0.25, 0.3) is 0 Å². The van der Waals surface area contributed by atoms with E-state index in [-0.39, 0.29) is 11.8 Å². The molecule has 1 aromatic rings. The van der Waals surface area contributed by atoms with Crippen LogP contribution in [0, 0.1) is 0 Å². The monoisotopic (exact) mass is 275 g/mol. The molecule has 0 aliphatic carbocycles. The fraction of sp³-hybridized carbons (Fsp3) is 0.500. The number of hydrogen-bond acceptors (Lipinski definition) is 3. The van der Waals surface area contributed by atoms with E-state index in [1.165, 1.54) is 6.26 Å². The maximum atomic E-state index is 11.0. The smallest absolute Gasteiger partial charge is 0.147 e. The molecule has 0 saturated carbocycles. The Labute approximate surface area is 108 Å². The van der Waals surface area contributed by atoms with E-state index in [1.54, 1.807) is 0 Å². The zero-order valence-corrected chi connectivity index (χ0v) is 11.5. The number of sulfone groups is 1. The van der Waals surface area contributed by atoms with Gasteiger partial charge in [0.05, 0.1) is 0 Å². The Morgan fingerprint density at radius 3 is 2.41 bits per heavy atom. The molecular weight excluding hydrogens is 258 g/mol. The van der Waals surface area contributed by atoms with E-state index >= 15 is 0 Å². The molecular formula is C12H18ClNO2S. The molecule has 0 amide bonds. The van der Waals surface area contributed by atoms with Crippen LogP contribution in [-0.2, 0) is 16.3 Å². The number of halogens is 1. The summed E-state index contributed by atoms with van der Waals surface area (Å²) in [4.78, 5) is 0. The van der Waals surface area contributed by atoms with Crippen LogP contribution in [0.1, 0.15) is 18.4 Å². The molecule has 1 atom stereocenters. The number of benzene rings is 1. The molecule has 0 bridgehead atoms. The Morgan fingerprint density at radius 1 is 1.29 bits per heavy atom. The molecule has 0 aliphatic heterocycles. The van der Waals surface area contributed by atoms with Crippen LogP contribution in [0.3, 0.4) is 0 Å². The van der Waals surface area contributed by atoms with Crippen LogP contribution in [-0.4, -0.2) is 26.5 Å². The first-order chi connectivity index (χ1) is 7.87. The number of nitrogens with two attached hydrogens (primary N) is 1. The Hall–Kier alpha value is -0.580. The van der Waals surface area contributed by atoms with Crippen molar-refractivity contribution < 1.29 is 8.42 Å². The van der Waals surface area contributed by atoms with E-state index in [0.717, 1.165) is 18.4 Å². The lowest BCUT2D eigenvalue weighted by molar-refractivity contribution is 0.577. The summed E-state index contributed by atoms with van der Waals surface area (Å²) in [5.41, 5.74) is 7.07. The minimum absolute atomic E-state index is 0.00192. The van der Waals surface area contributed by atoms with Gasteiger partial charge in [-0.3, -0.25) is 0 Å². The van der Waals surface area contributed by atoms with Crippen LogP contribution in [0.2, 0.25) is 5.02 Å². The van der Waals surface area contributed by atoms with Gasteiger partial charge in [0.15, 0.2) is 0 Å². The van der Waals surface area contributed by atoms with Crippen molar-refractivity contribution in [2.75, 3.05) is 12.0 Å². The lowest BCUT2D eigenvalue weighted by Gasteiger charge is -2.11. The van der Waals surface area contributed by atoms with Gasteiger partial charge in [0.2, 0.25) is 0 Å². The van der Waals surface area contributed by atoms with Gasteiger partial charge in [-0.1, -0.05) is 23.7 Å². The average Bonchev–Trinajstić information content (AvgIpc) is 2.19. The highest BCUT2D eigenvalue weighted by molar-refractivity contribution is 7.90. The van der Waals surface area contributed by atoms with Crippen molar-refractivity contribution in [2.45, 2.75) is 25.3 Å². The largest absolute Gasteiger partial charge is 0.327 e. The summed E-state index contributed by atoms with van der Waals surface area (Å²) in [6.07, 6.45) is 3.34. The van der Waals surface area contributed by atoms with Gasteiger partial charge in [0, 0.05) is 23.1 Å². The van der Waals surface area contributed by atoms with Crippen LogP contribution in [0.15, 0.2) is 24.3 Å². The average molecular weight is 276 g/mol.